The predicted octanol–water partition coefficient (Wildman–Crippen LogP) is 0.406. The van der Waals surface area contributed by atoms with Crippen molar-refractivity contribution in [3.8, 4) is 0 Å². The van der Waals surface area contributed by atoms with E-state index < -0.39 is 0 Å². The van der Waals surface area contributed by atoms with Gasteiger partial charge in [0.15, 0.2) is 0 Å². The van der Waals surface area contributed by atoms with Crippen molar-refractivity contribution in [1.29, 1.82) is 0 Å². The molecular weight excluding hydrogens is 94.1 g/mol. The van der Waals surface area contributed by atoms with Crippen LogP contribution < -0.4 is 5.73 Å². The monoisotopic (exact) mass is 103 g/mol. The van der Waals surface area contributed by atoms with Gasteiger partial charge in [0.05, 0.1) is 0 Å². The third kappa shape index (κ3) is 0.684. The van der Waals surface area contributed by atoms with Crippen LogP contribution in [0.2, 0.25) is 0 Å². The first kappa shape index (κ1) is 4.47. The fourth-order valence-electron chi connectivity index (χ4n) is 0.630. The summed E-state index contributed by atoms with van der Waals surface area (Å²) in [5, 5.41) is 0.611. The molecule has 0 unspecified atom stereocenters. The van der Waals surface area contributed by atoms with Crippen molar-refractivity contribution in [1.82, 2.24) is 0 Å². The first-order valence-corrected chi connectivity index (χ1v) is 2.74. The highest BCUT2D eigenvalue weighted by Gasteiger charge is 2.21. The lowest BCUT2D eigenvalue weighted by Gasteiger charge is -2.27. The smallest absolute Gasteiger partial charge is 0.00597 e. The summed E-state index contributed by atoms with van der Waals surface area (Å²) in [5.41, 5.74) is 5.42. The third-order valence-corrected chi connectivity index (χ3v) is 1.57. The quantitative estimate of drug-likeness (QED) is 0.427. The van der Waals surface area contributed by atoms with Crippen molar-refractivity contribution < 1.29 is 0 Å². The van der Waals surface area contributed by atoms with Gasteiger partial charge in [-0.1, -0.05) is 0 Å². The van der Waals surface area contributed by atoms with Crippen LogP contribution in [0.15, 0.2) is 0 Å². The van der Waals surface area contributed by atoms with E-state index >= 15 is 0 Å². The zero-order valence-corrected chi connectivity index (χ0v) is 4.49. The summed E-state index contributed by atoms with van der Waals surface area (Å²) >= 11 is 4.16. The summed E-state index contributed by atoms with van der Waals surface area (Å²) in [7, 11) is 0. The average molecular weight is 103 g/mol. The van der Waals surface area contributed by atoms with Crippen LogP contribution in [0.5, 0.6) is 0 Å². The Bertz CT molecular complexity index is 43.5. The van der Waals surface area contributed by atoms with E-state index in [1.165, 1.54) is 0 Å². The first-order chi connectivity index (χ1) is 2.79. The minimum atomic E-state index is 0.465. The standard InChI is InChI=1S/C4H9NS/c5-3-1-4(6)2-3/h3-4,6H,1-2,5H2. The summed E-state index contributed by atoms with van der Waals surface area (Å²) in [6.45, 7) is 0. The van der Waals surface area contributed by atoms with E-state index in [1.54, 1.807) is 0 Å². The number of nitrogens with two attached hydrogens (primary N) is 1. The van der Waals surface area contributed by atoms with Gasteiger partial charge in [-0.15, -0.1) is 0 Å². The summed E-state index contributed by atoms with van der Waals surface area (Å²) in [6, 6.07) is 0.465. The minimum Gasteiger partial charge on any atom is -0.328 e. The van der Waals surface area contributed by atoms with Gasteiger partial charge in [0.2, 0.25) is 0 Å². The fraction of sp³-hybridized carbons (Fsp3) is 1.00. The lowest BCUT2D eigenvalue weighted by molar-refractivity contribution is 0.435. The Morgan fingerprint density at radius 3 is 2.00 bits per heavy atom. The van der Waals surface area contributed by atoms with Crippen LogP contribution in [-0.4, -0.2) is 11.3 Å². The lowest BCUT2D eigenvalue weighted by atomic mass is 9.94. The summed E-state index contributed by atoms with van der Waals surface area (Å²) in [4.78, 5) is 0. The maximum Gasteiger partial charge on any atom is 0.00597 e. The van der Waals surface area contributed by atoms with Crippen LogP contribution in [0, 0.1) is 0 Å². The van der Waals surface area contributed by atoms with E-state index in [1.807, 2.05) is 0 Å². The highest BCUT2D eigenvalue weighted by atomic mass is 32.1. The summed E-state index contributed by atoms with van der Waals surface area (Å²) in [6.07, 6.45) is 2.23. The number of hydrogen-bond acceptors (Lipinski definition) is 2. The second kappa shape index (κ2) is 1.43. The summed E-state index contributed by atoms with van der Waals surface area (Å²) < 4.78 is 0. The van der Waals surface area contributed by atoms with Gasteiger partial charge in [-0.3, -0.25) is 0 Å². The van der Waals surface area contributed by atoms with Gasteiger partial charge in [-0.2, -0.15) is 12.6 Å². The Balaban J connectivity index is 2.11. The lowest BCUT2D eigenvalue weighted by Crippen LogP contribution is -2.36. The summed E-state index contributed by atoms with van der Waals surface area (Å²) in [5.74, 6) is 0. The highest BCUT2D eigenvalue weighted by Crippen LogP contribution is 2.22. The first-order valence-electron chi connectivity index (χ1n) is 2.22. The van der Waals surface area contributed by atoms with Crippen LogP contribution in [0.1, 0.15) is 12.8 Å². The Morgan fingerprint density at radius 1 is 1.50 bits per heavy atom. The Kier molecular flexibility index (Phi) is 1.06. The number of rotatable bonds is 0. The molecule has 0 aliphatic heterocycles. The molecule has 0 spiro atoms. The van der Waals surface area contributed by atoms with E-state index in [4.69, 9.17) is 5.73 Å². The van der Waals surface area contributed by atoms with E-state index in [-0.39, 0.29) is 0 Å². The molecule has 1 fully saturated rings. The molecule has 0 bridgehead atoms. The number of thiol groups is 1. The van der Waals surface area contributed by atoms with Gasteiger partial charge in [-0.25, -0.2) is 0 Å². The second-order valence-electron chi connectivity index (χ2n) is 1.89. The van der Waals surface area contributed by atoms with Crippen LogP contribution >= 0.6 is 12.6 Å². The van der Waals surface area contributed by atoms with Crippen molar-refractivity contribution >= 4 is 12.6 Å². The molecule has 0 amide bonds. The van der Waals surface area contributed by atoms with Gasteiger partial charge in [0.1, 0.15) is 0 Å². The van der Waals surface area contributed by atoms with Crippen molar-refractivity contribution in [2.45, 2.75) is 24.1 Å². The zero-order valence-electron chi connectivity index (χ0n) is 3.59. The van der Waals surface area contributed by atoms with Crippen LogP contribution in [0.3, 0.4) is 0 Å². The zero-order chi connectivity index (χ0) is 4.57. The maximum absolute atomic E-state index is 5.42. The Morgan fingerprint density at radius 2 is 2.00 bits per heavy atom. The molecule has 0 aromatic heterocycles. The molecule has 0 saturated heterocycles. The van der Waals surface area contributed by atoms with E-state index in [0.29, 0.717) is 11.3 Å². The van der Waals surface area contributed by atoms with E-state index in [9.17, 15) is 0 Å². The van der Waals surface area contributed by atoms with Gasteiger partial charge in [0, 0.05) is 11.3 Å². The van der Waals surface area contributed by atoms with Crippen LogP contribution in [-0.2, 0) is 0 Å². The Hall–Kier alpha value is 0.310. The average Bonchev–Trinajstić information content (AvgIpc) is 1.33. The second-order valence-corrected chi connectivity index (χ2v) is 2.62. The molecule has 2 N–H and O–H groups in total. The molecule has 0 aromatic rings. The molecule has 0 heterocycles. The molecule has 0 aromatic carbocycles. The molecule has 1 saturated carbocycles. The molecular formula is C4H9NS. The third-order valence-electron chi connectivity index (χ3n) is 1.15. The molecule has 1 rings (SSSR count). The van der Waals surface area contributed by atoms with Crippen LogP contribution in [0.25, 0.3) is 0 Å². The van der Waals surface area contributed by atoms with Crippen molar-refractivity contribution in [3.63, 3.8) is 0 Å². The highest BCUT2D eigenvalue weighted by molar-refractivity contribution is 7.81. The van der Waals surface area contributed by atoms with Gasteiger partial charge < -0.3 is 5.73 Å². The Labute approximate surface area is 43.3 Å². The van der Waals surface area contributed by atoms with Crippen molar-refractivity contribution in [3.05, 3.63) is 0 Å². The molecule has 0 radical (unpaired) electrons. The predicted molar refractivity (Wildman–Crippen MR) is 30.0 cm³/mol. The van der Waals surface area contributed by atoms with Crippen LogP contribution in [0.4, 0.5) is 0 Å². The molecule has 0 atom stereocenters. The van der Waals surface area contributed by atoms with Gasteiger partial charge in [-0.05, 0) is 12.8 Å². The topological polar surface area (TPSA) is 26.0 Å². The number of hydrogen-bond donors (Lipinski definition) is 2. The van der Waals surface area contributed by atoms with Crippen molar-refractivity contribution in [2.24, 2.45) is 5.73 Å². The fourth-order valence-corrected chi connectivity index (χ4v) is 1.17. The minimum absolute atomic E-state index is 0.465. The molecule has 1 aliphatic rings. The van der Waals surface area contributed by atoms with Gasteiger partial charge in [0.25, 0.3) is 0 Å². The molecule has 1 aliphatic carbocycles. The molecule has 6 heavy (non-hydrogen) atoms. The van der Waals surface area contributed by atoms with E-state index in [2.05, 4.69) is 12.6 Å². The normalized spacial score (nSPS) is 45.0. The SMILES string of the molecule is NC1CC(S)C1. The maximum atomic E-state index is 5.42. The van der Waals surface area contributed by atoms with E-state index in [0.717, 1.165) is 12.8 Å². The van der Waals surface area contributed by atoms with Crippen molar-refractivity contribution in [2.75, 3.05) is 0 Å². The molecule has 2 heteroatoms. The largest absolute Gasteiger partial charge is 0.328 e. The molecule has 36 valence electrons. The molecule has 1 nitrogen and oxygen atoms in total. The van der Waals surface area contributed by atoms with Gasteiger partial charge >= 0.3 is 0 Å².